The van der Waals surface area contributed by atoms with Gasteiger partial charge >= 0.3 is 0 Å². The van der Waals surface area contributed by atoms with Gasteiger partial charge in [0, 0.05) is 11.7 Å². The lowest BCUT2D eigenvalue weighted by atomic mass is 9.72. The van der Waals surface area contributed by atoms with E-state index in [0.717, 1.165) is 36.4 Å². The minimum atomic E-state index is -0.342. The lowest BCUT2D eigenvalue weighted by molar-refractivity contribution is -0.117. The summed E-state index contributed by atoms with van der Waals surface area (Å²) in [5.41, 5.74) is 6.99. The summed E-state index contributed by atoms with van der Waals surface area (Å²) in [6.07, 6.45) is 4.45. The average molecular weight is 316 g/mol. The van der Waals surface area contributed by atoms with Crippen LogP contribution in [0.5, 0.6) is 0 Å². The highest BCUT2D eigenvalue weighted by molar-refractivity contribution is 5.78. The summed E-state index contributed by atoms with van der Waals surface area (Å²) >= 11 is 0. The van der Waals surface area contributed by atoms with Crippen LogP contribution in [-0.4, -0.2) is 18.4 Å². The van der Waals surface area contributed by atoms with Gasteiger partial charge in [0.15, 0.2) is 0 Å². The van der Waals surface area contributed by atoms with Crippen molar-refractivity contribution in [3.05, 3.63) is 29.8 Å². The van der Waals surface area contributed by atoms with Crippen LogP contribution in [0.25, 0.3) is 0 Å². The zero-order valence-corrected chi connectivity index (χ0v) is 14.4. The van der Waals surface area contributed by atoms with Crippen LogP contribution < -0.4 is 10.6 Å². The maximum atomic E-state index is 11.6. The number of hydrogen-bond acceptors (Lipinski definition) is 2. The van der Waals surface area contributed by atoms with Crippen LogP contribution in [0.4, 0.5) is 5.69 Å². The smallest absolute Gasteiger partial charge is 0.221 e. The molecule has 0 radical (unpaired) electrons. The van der Waals surface area contributed by atoms with Gasteiger partial charge in [0.1, 0.15) is 0 Å². The Kier molecular flexibility index (Phi) is 5.80. The van der Waals surface area contributed by atoms with E-state index in [4.69, 9.17) is 5.73 Å². The molecule has 0 saturated heterocycles. The predicted octanol–water partition coefficient (Wildman–Crippen LogP) is 3.14. The Bertz CT molecular complexity index is 539. The van der Waals surface area contributed by atoms with Gasteiger partial charge in [-0.1, -0.05) is 32.9 Å². The fourth-order valence-electron chi connectivity index (χ4n) is 3.98. The molecule has 3 atom stereocenters. The van der Waals surface area contributed by atoms with Crippen LogP contribution in [0, 0.1) is 17.8 Å². The largest absolute Gasteiger partial charge is 0.369 e. The van der Waals surface area contributed by atoms with Gasteiger partial charge in [0.2, 0.25) is 12.3 Å². The molecule has 0 aliphatic heterocycles. The number of rotatable bonds is 6. The molecule has 23 heavy (non-hydrogen) atoms. The maximum Gasteiger partial charge on any atom is 0.221 e. The number of nitrogens with zero attached hydrogens (tertiary/aromatic N) is 1. The van der Waals surface area contributed by atoms with Crippen molar-refractivity contribution >= 4 is 18.0 Å². The molecule has 1 aromatic rings. The molecule has 0 spiro atoms. The number of carbonyl (C=O) groups is 2. The second kappa shape index (κ2) is 7.62. The molecule has 0 bridgehead atoms. The first-order valence-corrected chi connectivity index (χ1v) is 8.53. The average Bonchev–Trinajstić information content (AvgIpc) is 2.49. The quantitative estimate of drug-likeness (QED) is 0.820. The minimum absolute atomic E-state index is 0.234. The summed E-state index contributed by atoms with van der Waals surface area (Å²) in [5.74, 6) is 1.73. The van der Waals surface area contributed by atoms with Crippen molar-refractivity contribution in [2.75, 3.05) is 4.90 Å². The first kappa shape index (κ1) is 17.5. The molecule has 1 aliphatic rings. The van der Waals surface area contributed by atoms with Gasteiger partial charge < -0.3 is 10.6 Å². The molecule has 0 heterocycles. The van der Waals surface area contributed by atoms with E-state index in [1.165, 1.54) is 6.42 Å². The van der Waals surface area contributed by atoms with Gasteiger partial charge in [-0.05, 0) is 54.7 Å². The third-order valence-electron chi connectivity index (χ3n) is 5.18. The zero-order valence-electron chi connectivity index (χ0n) is 14.4. The van der Waals surface area contributed by atoms with Crippen molar-refractivity contribution in [2.45, 2.75) is 52.5 Å². The predicted molar refractivity (Wildman–Crippen MR) is 93.0 cm³/mol. The van der Waals surface area contributed by atoms with E-state index in [1.807, 2.05) is 29.2 Å². The van der Waals surface area contributed by atoms with Crippen molar-refractivity contribution in [2.24, 2.45) is 23.5 Å². The standard InChI is InChI=1S/C19H28N2O2/c1-13(2)18-9-8-17(10-14(18)3)21(12-22)16-6-4-15(5-7-16)11-19(20)23/h4-7,12-14,17-18H,8-11H2,1-3H3,(H2,20,23). The topological polar surface area (TPSA) is 63.4 Å². The highest BCUT2D eigenvalue weighted by Gasteiger charge is 2.32. The Morgan fingerprint density at radius 2 is 1.96 bits per heavy atom. The monoisotopic (exact) mass is 316 g/mol. The molecule has 2 N–H and O–H groups in total. The number of amides is 2. The molecule has 1 aromatic carbocycles. The Hall–Kier alpha value is -1.84. The normalized spacial score (nSPS) is 24.4. The molecule has 126 valence electrons. The third-order valence-corrected chi connectivity index (χ3v) is 5.18. The van der Waals surface area contributed by atoms with Crippen LogP contribution in [0.1, 0.15) is 45.6 Å². The van der Waals surface area contributed by atoms with E-state index < -0.39 is 0 Å². The summed E-state index contributed by atoms with van der Waals surface area (Å²) in [4.78, 5) is 24.5. The van der Waals surface area contributed by atoms with E-state index >= 15 is 0 Å². The van der Waals surface area contributed by atoms with Crippen LogP contribution in [-0.2, 0) is 16.0 Å². The number of hydrogen-bond donors (Lipinski definition) is 1. The molecule has 4 heteroatoms. The minimum Gasteiger partial charge on any atom is -0.369 e. The second-order valence-corrected chi connectivity index (χ2v) is 7.17. The number of carbonyl (C=O) groups excluding carboxylic acids is 2. The molecule has 2 amide bonds. The fraction of sp³-hybridized carbons (Fsp3) is 0.579. The molecule has 2 rings (SSSR count). The Morgan fingerprint density at radius 1 is 1.30 bits per heavy atom. The molecule has 0 aromatic heterocycles. The van der Waals surface area contributed by atoms with Gasteiger partial charge in [-0.25, -0.2) is 0 Å². The van der Waals surface area contributed by atoms with Crippen molar-refractivity contribution in [1.29, 1.82) is 0 Å². The van der Waals surface area contributed by atoms with E-state index in [0.29, 0.717) is 11.8 Å². The maximum absolute atomic E-state index is 11.6. The second-order valence-electron chi connectivity index (χ2n) is 7.17. The SMILES string of the molecule is CC(C)C1CCC(N(C=O)c2ccc(CC(N)=O)cc2)CC1C. The van der Waals surface area contributed by atoms with Crippen LogP contribution in [0.2, 0.25) is 0 Å². The lowest BCUT2D eigenvalue weighted by Crippen LogP contribution is -2.41. The van der Waals surface area contributed by atoms with Crippen LogP contribution in [0.15, 0.2) is 24.3 Å². The number of primary amides is 1. The molecular weight excluding hydrogens is 288 g/mol. The van der Waals surface area contributed by atoms with Crippen molar-refractivity contribution in [3.63, 3.8) is 0 Å². The Labute approximate surface area is 139 Å². The van der Waals surface area contributed by atoms with Crippen LogP contribution >= 0.6 is 0 Å². The van der Waals surface area contributed by atoms with Crippen molar-refractivity contribution in [1.82, 2.24) is 0 Å². The number of benzene rings is 1. The van der Waals surface area contributed by atoms with Gasteiger partial charge in [0.05, 0.1) is 6.42 Å². The van der Waals surface area contributed by atoms with E-state index in [-0.39, 0.29) is 18.4 Å². The fourth-order valence-corrected chi connectivity index (χ4v) is 3.98. The summed E-state index contributed by atoms with van der Waals surface area (Å²) < 4.78 is 0. The van der Waals surface area contributed by atoms with Gasteiger partial charge in [0.25, 0.3) is 0 Å². The summed E-state index contributed by atoms with van der Waals surface area (Å²) in [6.45, 7) is 6.88. The van der Waals surface area contributed by atoms with E-state index in [1.54, 1.807) is 0 Å². The van der Waals surface area contributed by atoms with Gasteiger partial charge in [-0.15, -0.1) is 0 Å². The third kappa shape index (κ3) is 4.34. The first-order chi connectivity index (χ1) is 10.9. The summed E-state index contributed by atoms with van der Waals surface area (Å²) in [6, 6.07) is 7.83. The summed E-state index contributed by atoms with van der Waals surface area (Å²) in [7, 11) is 0. The molecule has 4 nitrogen and oxygen atoms in total. The Balaban J connectivity index is 2.08. The first-order valence-electron chi connectivity index (χ1n) is 8.53. The molecule has 1 saturated carbocycles. The highest BCUT2D eigenvalue weighted by Crippen LogP contribution is 2.37. The molecule has 3 unspecified atom stereocenters. The Morgan fingerprint density at radius 3 is 2.43 bits per heavy atom. The van der Waals surface area contributed by atoms with Crippen LogP contribution in [0.3, 0.4) is 0 Å². The lowest BCUT2D eigenvalue weighted by Gasteiger charge is -2.40. The van der Waals surface area contributed by atoms with Gasteiger partial charge in [-0.2, -0.15) is 0 Å². The van der Waals surface area contributed by atoms with Gasteiger partial charge in [-0.3, -0.25) is 9.59 Å². The molecular formula is C19H28N2O2. The number of anilines is 1. The number of nitrogens with two attached hydrogens (primary N) is 1. The van der Waals surface area contributed by atoms with E-state index in [2.05, 4.69) is 20.8 Å². The summed E-state index contributed by atoms with van der Waals surface area (Å²) in [5, 5.41) is 0. The van der Waals surface area contributed by atoms with E-state index in [9.17, 15) is 9.59 Å². The highest BCUT2D eigenvalue weighted by atomic mass is 16.1. The molecule has 1 fully saturated rings. The zero-order chi connectivity index (χ0) is 17.0. The molecule has 1 aliphatic carbocycles. The van der Waals surface area contributed by atoms with Crippen molar-refractivity contribution < 1.29 is 9.59 Å². The van der Waals surface area contributed by atoms with Crippen molar-refractivity contribution in [3.8, 4) is 0 Å².